The van der Waals surface area contributed by atoms with Crippen molar-refractivity contribution in [2.45, 2.75) is 6.92 Å². The smallest absolute Gasteiger partial charge is 0.313 e. The summed E-state index contributed by atoms with van der Waals surface area (Å²) in [5, 5.41) is 11.1. The van der Waals surface area contributed by atoms with Gasteiger partial charge in [0.05, 0.1) is 12.4 Å². The second-order valence-corrected chi connectivity index (χ2v) is 5.07. The molecule has 2 N–H and O–H groups in total. The molecule has 0 bridgehead atoms. The SMILES string of the molecule is CCOc1ccccc1OCC(=O)NCCSCC(=O)O. The molecule has 0 radical (unpaired) electrons. The van der Waals surface area contributed by atoms with Gasteiger partial charge in [-0.25, -0.2) is 0 Å². The van der Waals surface area contributed by atoms with Gasteiger partial charge in [-0.1, -0.05) is 12.1 Å². The van der Waals surface area contributed by atoms with Gasteiger partial charge in [-0.15, -0.1) is 11.8 Å². The molecule has 6 nitrogen and oxygen atoms in total. The number of para-hydroxylation sites is 2. The van der Waals surface area contributed by atoms with Crippen molar-refractivity contribution in [3.05, 3.63) is 24.3 Å². The van der Waals surface area contributed by atoms with Crippen molar-refractivity contribution in [3.8, 4) is 11.5 Å². The molecule has 0 aromatic heterocycles. The predicted octanol–water partition coefficient (Wildman–Crippen LogP) is 1.40. The van der Waals surface area contributed by atoms with Gasteiger partial charge < -0.3 is 19.9 Å². The van der Waals surface area contributed by atoms with Crippen LogP contribution < -0.4 is 14.8 Å². The molecule has 0 aliphatic rings. The van der Waals surface area contributed by atoms with Crippen LogP contribution in [0.4, 0.5) is 0 Å². The van der Waals surface area contributed by atoms with Crippen molar-refractivity contribution >= 4 is 23.6 Å². The Morgan fingerprint density at radius 2 is 1.90 bits per heavy atom. The average Bonchev–Trinajstić information content (AvgIpc) is 2.46. The number of carbonyl (C=O) groups is 2. The lowest BCUT2D eigenvalue weighted by Gasteiger charge is -2.11. The summed E-state index contributed by atoms with van der Waals surface area (Å²) >= 11 is 1.25. The number of carboxylic acids is 1. The lowest BCUT2D eigenvalue weighted by Crippen LogP contribution is -2.30. The number of nitrogens with one attached hydrogen (secondary N) is 1. The van der Waals surface area contributed by atoms with E-state index >= 15 is 0 Å². The molecular formula is C14H19NO5S. The molecule has 0 aliphatic carbocycles. The Balaban J connectivity index is 2.25. The van der Waals surface area contributed by atoms with E-state index in [2.05, 4.69) is 5.32 Å². The first-order valence-electron chi connectivity index (χ1n) is 6.54. The molecule has 1 aromatic carbocycles. The van der Waals surface area contributed by atoms with E-state index in [0.717, 1.165) is 0 Å². The normalized spacial score (nSPS) is 9.95. The summed E-state index contributed by atoms with van der Waals surface area (Å²) in [5.41, 5.74) is 0. The minimum Gasteiger partial charge on any atom is -0.490 e. The molecule has 0 saturated carbocycles. The molecule has 0 saturated heterocycles. The lowest BCUT2D eigenvalue weighted by molar-refractivity contribution is -0.133. The third kappa shape index (κ3) is 7.45. The summed E-state index contributed by atoms with van der Waals surface area (Å²) in [4.78, 5) is 21.9. The first-order chi connectivity index (χ1) is 10.1. The fourth-order valence-corrected chi connectivity index (χ4v) is 2.03. The second-order valence-electron chi connectivity index (χ2n) is 3.96. The monoisotopic (exact) mass is 313 g/mol. The van der Waals surface area contributed by atoms with Gasteiger partial charge in [0.2, 0.25) is 0 Å². The number of hydrogen-bond acceptors (Lipinski definition) is 5. The third-order valence-corrected chi connectivity index (χ3v) is 3.25. The summed E-state index contributed by atoms with van der Waals surface area (Å²) in [6, 6.07) is 7.15. The van der Waals surface area contributed by atoms with Crippen LogP contribution >= 0.6 is 11.8 Å². The molecule has 1 rings (SSSR count). The molecule has 7 heteroatoms. The number of carboxylic acid groups (broad SMARTS) is 1. The third-order valence-electron chi connectivity index (χ3n) is 2.30. The fourth-order valence-electron chi connectivity index (χ4n) is 1.46. The van der Waals surface area contributed by atoms with E-state index in [1.165, 1.54) is 11.8 Å². The molecule has 0 unspecified atom stereocenters. The quantitative estimate of drug-likeness (QED) is 0.635. The molecule has 116 valence electrons. The van der Waals surface area contributed by atoms with E-state index in [9.17, 15) is 9.59 Å². The van der Waals surface area contributed by atoms with Crippen LogP contribution in [-0.2, 0) is 9.59 Å². The summed E-state index contributed by atoms with van der Waals surface area (Å²) in [6.07, 6.45) is 0. The number of carbonyl (C=O) groups excluding carboxylic acids is 1. The molecule has 0 aliphatic heterocycles. The van der Waals surface area contributed by atoms with Gasteiger partial charge in [0.15, 0.2) is 18.1 Å². The van der Waals surface area contributed by atoms with Crippen LogP contribution in [0.3, 0.4) is 0 Å². The zero-order valence-electron chi connectivity index (χ0n) is 11.8. The number of aliphatic carboxylic acids is 1. The summed E-state index contributed by atoms with van der Waals surface area (Å²) in [7, 11) is 0. The standard InChI is InChI=1S/C14H19NO5S/c1-2-19-11-5-3-4-6-12(11)20-9-13(16)15-7-8-21-10-14(17)18/h3-6H,2,7-10H2,1H3,(H,15,16)(H,17,18). The maximum atomic E-state index is 11.6. The number of hydrogen-bond donors (Lipinski definition) is 2. The van der Waals surface area contributed by atoms with Crippen LogP contribution in [0.1, 0.15) is 6.92 Å². The van der Waals surface area contributed by atoms with Gasteiger partial charge in [-0.2, -0.15) is 0 Å². The highest BCUT2D eigenvalue weighted by atomic mass is 32.2. The van der Waals surface area contributed by atoms with Crippen LogP contribution in [0.25, 0.3) is 0 Å². The van der Waals surface area contributed by atoms with Crippen molar-refractivity contribution in [3.63, 3.8) is 0 Å². The van der Waals surface area contributed by atoms with Gasteiger partial charge in [-0.3, -0.25) is 9.59 Å². The van der Waals surface area contributed by atoms with E-state index in [1.807, 2.05) is 13.0 Å². The van der Waals surface area contributed by atoms with Gasteiger partial charge in [-0.05, 0) is 19.1 Å². The van der Waals surface area contributed by atoms with Gasteiger partial charge in [0.1, 0.15) is 0 Å². The molecule has 1 aromatic rings. The highest BCUT2D eigenvalue weighted by Gasteiger charge is 2.07. The van der Waals surface area contributed by atoms with E-state index in [1.54, 1.807) is 18.2 Å². The molecule has 21 heavy (non-hydrogen) atoms. The Labute approximate surface area is 127 Å². The van der Waals surface area contributed by atoms with Crippen LogP contribution in [0, 0.1) is 0 Å². The molecule has 0 atom stereocenters. The Bertz CT molecular complexity index is 466. The van der Waals surface area contributed by atoms with Crippen molar-refractivity contribution in [1.82, 2.24) is 5.32 Å². The maximum Gasteiger partial charge on any atom is 0.313 e. The van der Waals surface area contributed by atoms with Crippen molar-refractivity contribution in [1.29, 1.82) is 0 Å². The predicted molar refractivity (Wildman–Crippen MR) is 81.1 cm³/mol. The average molecular weight is 313 g/mol. The number of ether oxygens (including phenoxy) is 2. The zero-order valence-corrected chi connectivity index (χ0v) is 12.6. The highest BCUT2D eigenvalue weighted by Crippen LogP contribution is 2.26. The molecular weight excluding hydrogens is 294 g/mol. The largest absolute Gasteiger partial charge is 0.490 e. The molecule has 0 spiro atoms. The highest BCUT2D eigenvalue weighted by molar-refractivity contribution is 7.99. The minimum absolute atomic E-state index is 0.0358. The zero-order chi connectivity index (χ0) is 15.5. The summed E-state index contributed by atoms with van der Waals surface area (Å²) in [6.45, 7) is 2.70. The van der Waals surface area contributed by atoms with Crippen LogP contribution in [0.2, 0.25) is 0 Å². The van der Waals surface area contributed by atoms with Gasteiger partial charge in [0.25, 0.3) is 5.91 Å². The second kappa shape index (κ2) is 9.93. The maximum absolute atomic E-state index is 11.6. The first-order valence-corrected chi connectivity index (χ1v) is 7.69. The van der Waals surface area contributed by atoms with Crippen molar-refractivity contribution in [2.24, 2.45) is 0 Å². The van der Waals surface area contributed by atoms with E-state index in [4.69, 9.17) is 14.6 Å². The van der Waals surface area contributed by atoms with Crippen molar-refractivity contribution < 1.29 is 24.2 Å². The van der Waals surface area contributed by atoms with Crippen LogP contribution in [0.15, 0.2) is 24.3 Å². The van der Waals surface area contributed by atoms with Gasteiger partial charge in [0, 0.05) is 12.3 Å². The van der Waals surface area contributed by atoms with E-state index < -0.39 is 5.97 Å². The summed E-state index contributed by atoms with van der Waals surface area (Å²) < 4.78 is 10.8. The Morgan fingerprint density at radius 3 is 2.52 bits per heavy atom. The Kier molecular flexibility index (Phi) is 8.11. The Morgan fingerprint density at radius 1 is 1.24 bits per heavy atom. The molecule has 0 heterocycles. The fraction of sp³-hybridized carbons (Fsp3) is 0.429. The van der Waals surface area contributed by atoms with Crippen LogP contribution in [-0.4, -0.2) is 48.2 Å². The minimum atomic E-state index is -0.859. The lowest BCUT2D eigenvalue weighted by atomic mass is 10.3. The topological polar surface area (TPSA) is 84.9 Å². The van der Waals surface area contributed by atoms with Crippen molar-refractivity contribution in [2.75, 3.05) is 31.3 Å². The van der Waals surface area contributed by atoms with Crippen LogP contribution in [0.5, 0.6) is 11.5 Å². The first kappa shape index (κ1) is 17.2. The number of rotatable bonds is 10. The summed E-state index contributed by atoms with van der Waals surface area (Å²) in [5.74, 6) is 0.598. The number of benzene rings is 1. The number of thioether (sulfide) groups is 1. The molecule has 1 amide bonds. The van der Waals surface area contributed by atoms with E-state index in [0.29, 0.717) is 30.4 Å². The molecule has 0 fully saturated rings. The Hall–Kier alpha value is -1.89. The van der Waals surface area contributed by atoms with E-state index in [-0.39, 0.29) is 18.3 Å². The number of amides is 1. The van der Waals surface area contributed by atoms with Gasteiger partial charge >= 0.3 is 5.97 Å².